The number of halogens is 4. The van der Waals surface area contributed by atoms with Crippen LogP contribution in [0.25, 0.3) is 0 Å². The standard InChI is InChI=1S/C13H9ClF3N3O2/c1-6-18-5-8(11(21)19-6)12(22)20-7-2-3-10(14)9(4-7)13(15,16)17/h2-5H,1H3,(H,20,22)(H,18,19,21). The predicted molar refractivity (Wildman–Crippen MR) is 74.0 cm³/mol. The van der Waals surface area contributed by atoms with Gasteiger partial charge in [-0.3, -0.25) is 9.59 Å². The van der Waals surface area contributed by atoms with Gasteiger partial charge in [0.25, 0.3) is 11.5 Å². The Bertz CT molecular complexity index is 787. The van der Waals surface area contributed by atoms with Crippen LogP contribution in [0.2, 0.25) is 5.02 Å². The van der Waals surface area contributed by atoms with Crippen LogP contribution < -0.4 is 10.9 Å². The molecule has 0 fully saturated rings. The van der Waals surface area contributed by atoms with Crippen molar-refractivity contribution in [3.05, 3.63) is 56.7 Å². The van der Waals surface area contributed by atoms with Crippen LogP contribution in [0.15, 0.2) is 29.2 Å². The quantitative estimate of drug-likeness (QED) is 0.888. The van der Waals surface area contributed by atoms with E-state index in [1.165, 1.54) is 13.0 Å². The number of hydrogen-bond acceptors (Lipinski definition) is 3. The number of amides is 1. The molecule has 1 amide bonds. The molecule has 1 aromatic carbocycles. The molecule has 0 unspecified atom stereocenters. The fourth-order valence-corrected chi connectivity index (χ4v) is 1.89. The lowest BCUT2D eigenvalue weighted by Gasteiger charge is -2.11. The minimum absolute atomic E-state index is 0.137. The van der Waals surface area contributed by atoms with E-state index in [9.17, 15) is 22.8 Å². The molecule has 22 heavy (non-hydrogen) atoms. The molecule has 0 atom stereocenters. The summed E-state index contributed by atoms with van der Waals surface area (Å²) in [5, 5.41) is 1.71. The first-order chi connectivity index (χ1) is 10.2. The minimum atomic E-state index is -4.65. The van der Waals surface area contributed by atoms with E-state index in [0.29, 0.717) is 11.9 Å². The third kappa shape index (κ3) is 3.45. The van der Waals surface area contributed by atoms with Gasteiger partial charge >= 0.3 is 6.18 Å². The number of alkyl halides is 3. The number of carbonyl (C=O) groups excluding carboxylic acids is 1. The molecule has 1 heterocycles. The van der Waals surface area contributed by atoms with Crippen molar-refractivity contribution >= 4 is 23.2 Å². The van der Waals surface area contributed by atoms with Gasteiger partial charge in [-0.15, -0.1) is 0 Å². The Labute approximate surface area is 127 Å². The lowest BCUT2D eigenvalue weighted by Crippen LogP contribution is -2.24. The molecule has 2 N–H and O–H groups in total. The Morgan fingerprint density at radius 3 is 2.64 bits per heavy atom. The number of benzene rings is 1. The average Bonchev–Trinajstić information content (AvgIpc) is 2.39. The Hall–Kier alpha value is -2.35. The number of nitrogens with zero attached hydrogens (tertiary/aromatic N) is 1. The molecule has 9 heteroatoms. The second-order valence-electron chi connectivity index (χ2n) is 4.36. The Balaban J connectivity index is 2.31. The van der Waals surface area contributed by atoms with E-state index in [-0.39, 0.29) is 11.3 Å². The van der Waals surface area contributed by atoms with Crippen LogP contribution in [-0.2, 0) is 6.18 Å². The van der Waals surface area contributed by atoms with Crippen molar-refractivity contribution in [2.75, 3.05) is 5.32 Å². The molecule has 0 bridgehead atoms. The summed E-state index contributed by atoms with van der Waals surface area (Å²) >= 11 is 5.48. The summed E-state index contributed by atoms with van der Waals surface area (Å²) in [6, 6.07) is 2.90. The maximum Gasteiger partial charge on any atom is 0.417 e. The van der Waals surface area contributed by atoms with E-state index in [2.05, 4.69) is 15.3 Å². The van der Waals surface area contributed by atoms with E-state index >= 15 is 0 Å². The van der Waals surface area contributed by atoms with Gasteiger partial charge in [0.1, 0.15) is 11.4 Å². The number of aromatic nitrogens is 2. The highest BCUT2D eigenvalue weighted by Crippen LogP contribution is 2.36. The van der Waals surface area contributed by atoms with Crippen molar-refractivity contribution in [1.82, 2.24) is 9.97 Å². The van der Waals surface area contributed by atoms with E-state index in [0.717, 1.165) is 12.3 Å². The summed E-state index contributed by atoms with van der Waals surface area (Å²) in [6.45, 7) is 1.53. The van der Waals surface area contributed by atoms with Gasteiger partial charge in [0.15, 0.2) is 0 Å². The number of rotatable bonds is 2. The summed E-state index contributed by atoms with van der Waals surface area (Å²) < 4.78 is 38.2. The van der Waals surface area contributed by atoms with Crippen molar-refractivity contribution in [3.63, 3.8) is 0 Å². The molecule has 2 aromatic rings. The average molecular weight is 332 g/mol. The molecular formula is C13H9ClF3N3O2. The Morgan fingerprint density at radius 1 is 1.36 bits per heavy atom. The summed E-state index contributed by atoms with van der Waals surface area (Å²) in [5.74, 6) is -0.559. The van der Waals surface area contributed by atoms with Gasteiger partial charge in [-0.25, -0.2) is 4.98 Å². The molecule has 0 aliphatic heterocycles. The molecule has 1 aromatic heterocycles. The smallest absolute Gasteiger partial charge is 0.322 e. The second kappa shape index (κ2) is 5.80. The van der Waals surface area contributed by atoms with Gasteiger partial charge in [-0.1, -0.05) is 11.6 Å². The monoisotopic (exact) mass is 331 g/mol. The molecule has 0 spiro atoms. The SMILES string of the molecule is Cc1ncc(C(=O)Nc2ccc(Cl)c(C(F)(F)F)c2)c(=O)[nH]1. The lowest BCUT2D eigenvalue weighted by molar-refractivity contribution is -0.137. The van der Waals surface area contributed by atoms with E-state index in [1.807, 2.05) is 0 Å². The normalized spacial score (nSPS) is 11.3. The zero-order chi connectivity index (χ0) is 16.5. The molecule has 0 saturated heterocycles. The fourth-order valence-electron chi connectivity index (χ4n) is 1.66. The third-order valence-corrected chi connectivity index (χ3v) is 3.03. The summed E-state index contributed by atoms with van der Waals surface area (Å²) in [5.41, 5.74) is -2.21. The largest absolute Gasteiger partial charge is 0.417 e. The maximum absolute atomic E-state index is 12.7. The van der Waals surface area contributed by atoms with Gasteiger partial charge in [-0.05, 0) is 25.1 Å². The van der Waals surface area contributed by atoms with Gasteiger partial charge in [0.05, 0.1) is 10.6 Å². The van der Waals surface area contributed by atoms with Crippen molar-refractivity contribution in [2.45, 2.75) is 13.1 Å². The van der Waals surface area contributed by atoms with Crippen molar-refractivity contribution in [3.8, 4) is 0 Å². The van der Waals surface area contributed by atoms with Crippen molar-refractivity contribution in [1.29, 1.82) is 0 Å². The van der Waals surface area contributed by atoms with Crippen LogP contribution in [0.1, 0.15) is 21.7 Å². The third-order valence-electron chi connectivity index (χ3n) is 2.70. The molecule has 0 aliphatic rings. The number of aryl methyl sites for hydroxylation is 1. The molecule has 2 rings (SSSR count). The van der Waals surface area contributed by atoms with E-state index in [4.69, 9.17) is 11.6 Å². The number of H-pyrrole nitrogens is 1. The summed E-state index contributed by atoms with van der Waals surface area (Å²) in [7, 11) is 0. The van der Waals surface area contributed by atoms with Gasteiger partial charge in [0, 0.05) is 11.9 Å². The number of aromatic amines is 1. The molecular weight excluding hydrogens is 323 g/mol. The van der Waals surface area contributed by atoms with E-state index in [1.54, 1.807) is 0 Å². The van der Waals surface area contributed by atoms with Gasteiger partial charge < -0.3 is 10.3 Å². The van der Waals surface area contributed by atoms with Crippen LogP contribution in [-0.4, -0.2) is 15.9 Å². The van der Waals surface area contributed by atoms with Crippen molar-refractivity contribution < 1.29 is 18.0 Å². The summed E-state index contributed by atoms with van der Waals surface area (Å²) in [6.07, 6.45) is -3.61. The molecule has 5 nitrogen and oxygen atoms in total. The van der Waals surface area contributed by atoms with Crippen LogP contribution >= 0.6 is 11.6 Å². The van der Waals surface area contributed by atoms with Crippen LogP contribution in [0.4, 0.5) is 18.9 Å². The first-order valence-corrected chi connectivity index (χ1v) is 6.30. The number of anilines is 1. The second-order valence-corrected chi connectivity index (χ2v) is 4.77. The van der Waals surface area contributed by atoms with Crippen LogP contribution in [0.5, 0.6) is 0 Å². The zero-order valence-electron chi connectivity index (χ0n) is 11.1. The van der Waals surface area contributed by atoms with E-state index < -0.39 is 28.2 Å². The number of carbonyl (C=O) groups is 1. The predicted octanol–water partition coefficient (Wildman–Crippen LogP) is 3.00. The minimum Gasteiger partial charge on any atom is -0.322 e. The van der Waals surface area contributed by atoms with Crippen molar-refractivity contribution in [2.24, 2.45) is 0 Å². The molecule has 0 saturated carbocycles. The Morgan fingerprint density at radius 2 is 2.05 bits per heavy atom. The molecule has 116 valence electrons. The van der Waals surface area contributed by atoms with Crippen LogP contribution in [0.3, 0.4) is 0 Å². The highest BCUT2D eigenvalue weighted by Gasteiger charge is 2.33. The highest BCUT2D eigenvalue weighted by molar-refractivity contribution is 6.31. The first-order valence-electron chi connectivity index (χ1n) is 5.92. The molecule has 0 radical (unpaired) electrons. The molecule has 0 aliphatic carbocycles. The maximum atomic E-state index is 12.7. The topological polar surface area (TPSA) is 74.8 Å². The zero-order valence-corrected chi connectivity index (χ0v) is 11.8. The fraction of sp³-hybridized carbons (Fsp3) is 0.154. The lowest BCUT2D eigenvalue weighted by atomic mass is 10.2. The van der Waals surface area contributed by atoms with Gasteiger partial charge in [0.2, 0.25) is 0 Å². The van der Waals surface area contributed by atoms with Gasteiger partial charge in [-0.2, -0.15) is 13.2 Å². The number of hydrogen-bond donors (Lipinski definition) is 2. The Kier molecular flexibility index (Phi) is 4.23. The van der Waals surface area contributed by atoms with Crippen LogP contribution in [0, 0.1) is 6.92 Å². The highest BCUT2D eigenvalue weighted by atomic mass is 35.5. The summed E-state index contributed by atoms with van der Waals surface area (Å²) in [4.78, 5) is 29.6. The first kappa shape index (κ1) is 16.0. The number of nitrogens with one attached hydrogen (secondary N) is 2.